The maximum atomic E-state index is 12.4. The second-order valence-electron chi connectivity index (χ2n) is 6.35. The van der Waals surface area contributed by atoms with Crippen molar-refractivity contribution in [1.82, 2.24) is 9.55 Å². The first-order chi connectivity index (χ1) is 13.5. The van der Waals surface area contributed by atoms with Crippen LogP contribution in [0.1, 0.15) is 6.92 Å². The van der Waals surface area contributed by atoms with Gasteiger partial charge < -0.3 is 14.6 Å². The molecule has 1 N–H and O–H groups in total. The van der Waals surface area contributed by atoms with Gasteiger partial charge in [0.05, 0.1) is 10.7 Å². The zero-order chi connectivity index (χ0) is 19.7. The predicted octanol–water partition coefficient (Wildman–Crippen LogP) is 5.37. The molecule has 2 aromatic carbocycles. The third kappa shape index (κ3) is 4.14. The van der Waals surface area contributed by atoms with Gasteiger partial charge in [0.1, 0.15) is 5.75 Å². The lowest BCUT2D eigenvalue weighted by Gasteiger charge is -2.16. The molecule has 0 saturated carbocycles. The fourth-order valence-corrected chi connectivity index (χ4v) is 4.23. The van der Waals surface area contributed by atoms with Crippen LogP contribution in [-0.4, -0.2) is 27.3 Å². The number of hydrogen-bond donors (Lipinski definition) is 1. The summed E-state index contributed by atoms with van der Waals surface area (Å²) in [7, 11) is 0. The second-order valence-corrected chi connectivity index (χ2v) is 8.26. The highest BCUT2D eigenvalue weighted by Crippen LogP contribution is 2.30. The van der Waals surface area contributed by atoms with Crippen molar-refractivity contribution in [2.45, 2.75) is 24.7 Å². The van der Waals surface area contributed by atoms with E-state index in [2.05, 4.69) is 21.1 Å². The van der Waals surface area contributed by atoms with E-state index < -0.39 is 6.10 Å². The van der Waals surface area contributed by atoms with Crippen LogP contribution in [0.15, 0.2) is 53.8 Å². The average Bonchev–Trinajstić information content (AvgIpc) is 3.26. The van der Waals surface area contributed by atoms with E-state index >= 15 is 0 Å². The summed E-state index contributed by atoms with van der Waals surface area (Å²) in [6.07, 6.45) is 1.35. The molecule has 0 unspecified atom stereocenters. The summed E-state index contributed by atoms with van der Waals surface area (Å²) in [5, 5.41) is 4.78. The molecule has 8 heteroatoms. The van der Waals surface area contributed by atoms with Gasteiger partial charge >= 0.3 is 0 Å². The summed E-state index contributed by atoms with van der Waals surface area (Å²) < 4.78 is 7.81. The number of carbonyl (C=O) groups is 1. The number of carbonyl (C=O) groups excluding carboxylic acids is 1. The normalized spacial score (nSPS) is 13.8. The first-order valence-electron chi connectivity index (χ1n) is 8.72. The Morgan fingerprint density at radius 3 is 2.75 bits per heavy atom. The maximum Gasteiger partial charge on any atom is 0.265 e. The Hall–Kier alpha value is -2.15. The summed E-state index contributed by atoms with van der Waals surface area (Å²) in [4.78, 5) is 17.1. The van der Waals surface area contributed by atoms with E-state index in [0.29, 0.717) is 21.5 Å². The fourth-order valence-electron chi connectivity index (χ4n) is 2.83. The lowest BCUT2D eigenvalue weighted by atomic mass is 10.1. The molecule has 0 saturated heterocycles. The van der Waals surface area contributed by atoms with Crippen molar-refractivity contribution in [3.8, 4) is 17.0 Å². The van der Waals surface area contributed by atoms with E-state index in [1.807, 2.05) is 24.3 Å². The number of benzene rings is 2. The number of halogens is 2. The Kier molecular flexibility index (Phi) is 5.53. The number of thioether (sulfide) groups is 1. The van der Waals surface area contributed by atoms with Crippen molar-refractivity contribution in [3.05, 3.63) is 58.7 Å². The molecular formula is C20H17Cl2N3O2S. The molecule has 1 amide bonds. The summed E-state index contributed by atoms with van der Waals surface area (Å²) in [6.45, 7) is 2.66. The van der Waals surface area contributed by atoms with E-state index in [1.54, 1.807) is 36.9 Å². The molecule has 1 aliphatic rings. The molecule has 0 fully saturated rings. The molecular weight excluding hydrogens is 417 g/mol. The van der Waals surface area contributed by atoms with E-state index in [4.69, 9.17) is 27.9 Å². The Labute approximate surface area is 177 Å². The third-order valence-electron chi connectivity index (χ3n) is 4.32. The lowest BCUT2D eigenvalue weighted by molar-refractivity contribution is -0.122. The fraction of sp³-hybridized carbons (Fsp3) is 0.200. The van der Waals surface area contributed by atoms with Crippen molar-refractivity contribution in [2.75, 3.05) is 11.1 Å². The molecule has 2 heterocycles. The second kappa shape index (κ2) is 8.07. The topological polar surface area (TPSA) is 56.1 Å². The number of amides is 1. The van der Waals surface area contributed by atoms with Gasteiger partial charge in [0.15, 0.2) is 11.3 Å². The molecule has 0 radical (unpaired) electrons. The van der Waals surface area contributed by atoms with Gasteiger partial charge in [0.2, 0.25) is 0 Å². The van der Waals surface area contributed by atoms with Crippen LogP contribution >= 0.6 is 35.0 Å². The molecule has 0 bridgehead atoms. The monoisotopic (exact) mass is 433 g/mol. The highest BCUT2D eigenvalue weighted by Gasteiger charge is 2.18. The van der Waals surface area contributed by atoms with Gasteiger partial charge in [-0.15, -0.1) is 0 Å². The SMILES string of the molecule is C[C@H](Oc1ccc(Cl)cc1Cl)C(=O)Nc1ccc(-c2cn3c(n2)SCC3)cc1. The molecule has 1 atom stereocenters. The van der Waals surface area contributed by atoms with Gasteiger partial charge in [-0.1, -0.05) is 47.1 Å². The maximum absolute atomic E-state index is 12.4. The number of ether oxygens (including phenoxy) is 1. The van der Waals surface area contributed by atoms with Gasteiger partial charge in [-0.2, -0.15) is 0 Å². The summed E-state index contributed by atoms with van der Waals surface area (Å²) in [6, 6.07) is 12.5. The Bertz CT molecular complexity index is 999. The van der Waals surface area contributed by atoms with Crippen LogP contribution < -0.4 is 10.1 Å². The zero-order valence-corrected chi connectivity index (χ0v) is 17.3. The Balaban J connectivity index is 1.39. The molecule has 5 nitrogen and oxygen atoms in total. The number of nitrogens with zero attached hydrogens (tertiary/aromatic N) is 2. The number of nitrogens with one attached hydrogen (secondary N) is 1. The van der Waals surface area contributed by atoms with Crippen LogP contribution in [0.2, 0.25) is 10.0 Å². The number of fused-ring (bicyclic) bond motifs is 1. The highest BCUT2D eigenvalue weighted by molar-refractivity contribution is 7.99. The lowest BCUT2D eigenvalue weighted by Crippen LogP contribution is -2.30. The van der Waals surface area contributed by atoms with Crippen molar-refractivity contribution in [1.29, 1.82) is 0 Å². The van der Waals surface area contributed by atoms with E-state index in [-0.39, 0.29) is 5.91 Å². The molecule has 0 spiro atoms. The molecule has 0 aliphatic carbocycles. The molecule has 28 heavy (non-hydrogen) atoms. The number of rotatable bonds is 5. The van der Waals surface area contributed by atoms with Crippen molar-refractivity contribution >= 4 is 46.6 Å². The van der Waals surface area contributed by atoms with E-state index in [9.17, 15) is 4.79 Å². The van der Waals surface area contributed by atoms with E-state index in [0.717, 1.165) is 28.7 Å². The van der Waals surface area contributed by atoms with Crippen molar-refractivity contribution < 1.29 is 9.53 Å². The minimum absolute atomic E-state index is 0.267. The largest absolute Gasteiger partial charge is 0.479 e. The average molecular weight is 434 g/mol. The first-order valence-corrected chi connectivity index (χ1v) is 10.5. The predicted molar refractivity (Wildman–Crippen MR) is 114 cm³/mol. The van der Waals surface area contributed by atoms with Crippen LogP contribution in [0.5, 0.6) is 5.75 Å². The van der Waals surface area contributed by atoms with Gasteiger partial charge in [-0.25, -0.2) is 4.98 Å². The molecule has 1 aliphatic heterocycles. The number of imidazole rings is 1. The van der Waals surface area contributed by atoms with Crippen LogP contribution in [-0.2, 0) is 11.3 Å². The molecule has 4 rings (SSSR count). The van der Waals surface area contributed by atoms with Crippen molar-refractivity contribution in [3.63, 3.8) is 0 Å². The Morgan fingerprint density at radius 2 is 2.04 bits per heavy atom. The quantitative estimate of drug-likeness (QED) is 0.587. The van der Waals surface area contributed by atoms with Gasteiger partial charge in [0.25, 0.3) is 5.91 Å². The van der Waals surface area contributed by atoms with Crippen LogP contribution in [0, 0.1) is 0 Å². The third-order valence-corrected chi connectivity index (χ3v) is 5.82. The molecule has 3 aromatic rings. The van der Waals surface area contributed by atoms with Crippen LogP contribution in [0.25, 0.3) is 11.3 Å². The van der Waals surface area contributed by atoms with Gasteiger partial charge in [-0.3, -0.25) is 4.79 Å². The highest BCUT2D eigenvalue weighted by atomic mass is 35.5. The number of anilines is 1. The number of hydrogen-bond acceptors (Lipinski definition) is 4. The van der Waals surface area contributed by atoms with Crippen LogP contribution in [0.4, 0.5) is 5.69 Å². The first kappa shape index (κ1) is 19.2. The smallest absolute Gasteiger partial charge is 0.265 e. The van der Waals surface area contributed by atoms with Gasteiger partial charge in [-0.05, 0) is 37.3 Å². The summed E-state index contributed by atoms with van der Waals surface area (Å²) in [5.74, 6) is 1.22. The van der Waals surface area contributed by atoms with Crippen molar-refractivity contribution in [2.24, 2.45) is 0 Å². The molecule has 1 aromatic heterocycles. The van der Waals surface area contributed by atoms with Gasteiger partial charge in [0, 0.05) is 34.8 Å². The standard InChI is InChI=1S/C20H17Cl2N3O2S/c1-12(27-18-7-4-14(21)10-16(18)22)19(26)23-15-5-2-13(3-6-15)17-11-25-8-9-28-20(25)24-17/h2-7,10-12H,8-9H2,1H3,(H,23,26)/t12-/m0/s1. The minimum Gasteiger partial charge on any atom is -0.479 e. The Morgan fingerprint density at radius 1 is 1.25 bits per heavy atom. The molecule has 144 valence electrons. The van der Waals surface area contributed by atoms with Crippen LogP contribution in [0.3, 0.4) is 0 Å². The zero-order valence-electron chi connectivity index (χ0n) is 15.0. The van der Waals surface area contributed by atoms with E-state index in [1.165, 1.54) is 0 Å². The number of aromatic nitrogens is 2. The summed E-state index contributed by atoms with van der Waals surface area (Å²) >= 11 is 13.7. The number of aryl methyl sites for hydroxylation is 1. The minimum atomic E-state index is -0.716. The summed E-state index contributed by atoms with van der Waals surface area (Å²) in [5.41, 5.74) is 2.64.